The fourth-order valence-electron chi connectivity index (χ4n) is 3.80. The van der Waals surface area contributed by atoms with E-state index in [2.05, 4.69) is 20.6 Å². The highest BCUT2D eigenvalue weighted by atomic mass is 35.5. The van der Waals surface area contributed by atoms with Crippen molar-refractivity contribution in [3.8, 4) is 5.75 Å². The maximum absolute atomic E-state index is 12.9. The number of aromatic nitrogens is 2. The summed E-state index contributed by atoms with van der Waals surface area (Å²) in [7, 11) is 0. The minimum absolute atomic E-state index is 0.106. The predicted molar refractivity (Wildman–Crippen MR) is 139 cm³/mol. The summed E-state index contributed by atoms with van der Waals surface area (Å²) in [6.07, 6.45) is 6.85. The molecular weight excluding hydrogens is 470 g/mol. The molecule has 1 fully saturated rings. The van der Waals surface area contributed by atoms with Gasteiger partial charge < -0.3 is 21.1 Å². The lowest BCUT2D eigenvalue weighted by Crippen LogP contribution is -2.32. The molecular formula is C25H26ClN5O2S. The third-order valence-corrected chi connectivity index (χ3v) is 6.18. The lowest BCUT2D eigenvalue weighted by molar-refractivity contribution is 0.102. The molecule has 4 rings (SSSR count). The maximum atomic E-state index is 12.9. The molecule has 0 unspecified atom stereocenters. The SMILES string of the molecule is Cc1ccc(C(=S)Nc2cccnc2C(=O)Nc2ccc(Cl)cn2)c(O[C@H]2CC[C@H](N)CC2)c1. The summed E-state index contributed by atoms with van der Waals surface area (Å²) in [6.45, 7) is 2.01. The first-order chi connectivity index (χ1) is 16.4. The van der Waals surface area contributed by atoms with Crippen molar-refractivity contribution in [2.75, 3.05) is 10.6 Å². The molecule has 176 valence electrons. The molecule has 2 aromatic heterocycles. The van der Waals surface area contributed by atoms with Crippen molar-refractivity contribution >= 4 is 46.2 Å². The minimum Gasteiger partial charge on any atom is -0.490 e. The van der Waals surface area contributed by atoms with Crippen LogP contribution in [-0.4, -0.2) is 33.0 Å². The Kier molecular flexibility index (Phi) is 7.72. The molecule has 1 aliphatic rings. The van der Waals surface area contributed by atoms with Crippen LogP contribution >= 0.6 is 23.8 Å². The minimum atomic E-state index is -0.417. The molecule has 3 aromatic rings. The molecule has 0 spiro atoms. The third-order valence-electron chi connectivity index (χ3n) is 5.63. The van der Waals surface area contributed by atoms with E-state index in [4.69, 9.17) is 34.3 Å². The normalized spacial score (nSPS) is 17.6. The zero-order valence-corrected chi connectivity index (χ0v) is 20.3. The summed E-state index contributed by atoms with van der Waals surface area (Å²) < 4.78 is 6.34. The molecule has 1 aromatic carbocycles. The fourth-order valence-corrected chi connectivity index (χ4v) is 4.19. The number of carbonyl (C=O) groups excluding carboxylic acids is 1. The first-order valence-electron chi connectivity index (χ1n) is 11.1. The summed E-state index contributed by atoms with van der Waals surface area (Å²) in [6, 6.07) is 12.9. The van der Waals surface area contributed by atoms with E-state index in [-0.39, 0.29) is 17.8 Å². The van der Waals surface area contributed by atoms with Gasteiger partial charge in [-0.2, -0.15) is 0 Å². The van der Waals surface area contributed by atoms with E-state index >= 15 is 0 Å². The number of halogens is 1. The molecule has 0 radical (unpaired) electrons. The average Bonchev–Trinajstić information content (AvgIpc) is 2.82. The Labute approximate surface area is 209 Å². The number of amides is 1. The van der Waals surface area contributed by atoms with Crippen LogP contribution in [0.3, 0.4) is 0 Å². The van der Waals surface area contributed by atoms with Crippen LogP contribution in [0.2, 0.25) is 5.02 Å². The number of hydrogen-bond acceptors (Lipinski definition) is 6. The van der Waals surface area contributed by atoms with E-state index in [1.807, 2.05) is 25.1 Å². The van der Waals surface area contributed by atoms with Crippen molar-refractivity contribution in [3.63, 3.8) is 0 Å². The Morgan fingerprint density at radius 3 is 2.65 bits per heavy atom. The number of pyridine rings is 2. The molecule has 1 saturated carbocycles. The zero-order chi connectivity index (χ0) is 24.1. The lowest BCUT2D eigenvalue weighted by Gasteiger charge is -2.28. The first kappa shape index (κ1) is 24.1. The molecule has 2 heterocycles. The van der Waals surface area contributed by atoms with Gasteiger partial charge >= 0.3 is 0 Å². The number of thiocarbonyl (C=S) groups is 1. The van der Waals surface area contributed by atoms with Crippen molar-refractivity contribution in [2.45, 2.75) is 44.8 Å². The lowest BCUT2D eigenvalue weighted by atomic mass is 9.93. The summed E-state index contributed by atoms with van der Waals surface area (Å²) >= 11 is 11.6. The maximum Gasteiger partial charge on any atom is 0.277 e. The van der Waals surface area contributed by atoms with E-state index in [0.29, 0.717) is 21.5 Å². The van der Waals surface area contributed by atoms with Crippen molar-refractivity contribution < 1.29 is 9.53 Å². The molecule has 4 N–H and O–H groups in total. The van der Waals surface area contributed by atoms with Gasteiger partial charge in [-0.15, -0.1) is 0 Å². The van der Waals surface area contributed by atoms with E-state index in [0.717, 1.165) is 42.6 Å². The summed E-state index contributed by atoms with van der Waals surface area (Å²) in [5, 5.41) is 6.38. The molecule has 1 aliphatic carbocycles. The van der Waals surface area contributed by atoms with Gasteiger partial charge in [0.25, 0.3) is 5.91 Å². The van der Waals surface area contributed by atoms with Crippen LogP contribution < -0.4 is 21.1 Å². The number of carbonyl (C=O) groups is 1. The molecule has 0 aliphatic heterocycles. The van der Waals surface area contributed by atoms with E-state index < -0.39 is 5.91 Å². The number of hydrogen-bond donors (Lipinski definition) is 3. The van der Waals surface area contributed by atoms with Crippen LogP contribution in [0.4, 0.5) is 11.5 Å². The molecule has 0 atom stereocenters. The standard InChI is InChI=1S/C25H26ClN5O2S/c1-15-4-10-19(21(13-15)33-18-8-6-17(27)7-9-18)25(34)30-20-3-2-12-28-23(20)24(32)31-22-11-5-16(26)14-29-22/h2-5,10-14,17-18H,6-9,27H2,1H3,(H,30,34)(H,29,31,32)/t17-,18-. The Morgan fingerprint density at radius 2 is 1.91 bits per heavy atom. The number of nitrogens with zero attached hydrogens (tertiary/aromatic N) is 2. The Hall–Kier alpha value is -3.07. The van der Waals surface area contributed by atoms with Gasteiger partial charge in [0.05, 0.1) is 22.4 Å². The van der Waals surface area contributed by atoms with Crippen LogP contribution in [0.1, 0.15) is 47.3 Å². The highest BCUT2D eigenvalue weighted by Crippen LogP contribution is 2.28. The van der Waals surface area contributed by atoms with Crippen LogP contribution in [0, 0.1) is 6.92 Å². The topological polar surface area (TPSA) is 102 Å². The van der Waals surface area contributed by atoms with E-state index in [1.54, 1.807) is 30.5 Å². The number of ether oxygens (including phenoxy) is 1. The number of nitrogens with one attached hydrogen (secondary N) is 2. The number of aryl methyl sites for hydroxylation is 1. The quantitative estimate of drug-likeness (QED) is 0.407. The van der Waals surface area contributed by atoms with Crippen molar-refractivity contribution in [1.29, 1.82) is 0 Å². The average molecular weight is 496 g/mol. The van der Waals surface area contributed by atoms with Gasteiger partial charge in [0.1, 0.15) is 16.6 Å². The highest BCUT2D eigenvalue weighted by molar-refractivity contribution is 7.81. The molecule has 1 amide bonds. The summed E-state index contributed by atoms with van der Waals surface area (Å²) in [5.74, 6) is 0.674. The second-order valence-corrected chi connectivity index (χ2v) is 9.17. The number of benzene rings is 1. The largest absolute Gasteiger partial charge is 0.490 e. The predicted octanol–water partition coefficient (Wildman–Crippen LogP) is 5.13. The summed E-state index contributed by atoms with van der Waals surface area (Å²) in [5.41, 5.74) is 8.54. The third kappa shape index (κ3) is 6.08. The smallest absolute Gasteiger partial charge is 0.277 e. The van der Waals surface area contributed by atoms with Crippen LogP contribution in [-0.2, 0) is 0 Å². The Morgan fingerprint density at radius 1 is 1.12 bits per heavy atom. The van der Waals surface area contributed by atoms with Gasteiger partial charge in [0.15, 0.2) is 5.69 Å². The van der Waals surface area contributed by atoms with Gasteiger partial charge in [0, 0.05) is 18.4 Å². The number of nitrogens with two attached hydrogens (primary N) is 1. The van der Waals surface area contributed by atoms with Crippen LogP contribution in [0.15, 0.2) is 54.9 Å². The zero-order valence-electron chi connectivity index (χ0n) is 18.8. The van der Waals surface area contributed by atoms with Gasteiger partial charge in [-0.1, -0.05) is 29.9 Å². The van der Waals surface area contributed by atoms with E-state index in [1.165, 1.54) is 6.20 Å². The van der Waals surface area contributed by atoms with Crippen LogP contribution in [0.25, 0.3) is 0 Å². The Balaban J connectivity index is 1.52. The van der Waals surface area contributed by atoms with E-state index in [9.17, 15) is 4.79 Å². The second-order valence-electron chi connectivity index (χ2n) is 8.32. The number of rotatable bonds is 6. The monoisotopic (exact) mass is 495 g/mol. The summed E-state index contributed by atoms with van der Waals surface area (Å²) in [4.78, 5) is 21.7. The molecule has 34 heavy (non-hydrogen) atoms. The molecule has 0 bridgehead atoms. The molecule has 9 heteroatoms. The van der Waals surface area contributed by atoms with Gasteiger partial charge in [-0.25, -0.2) is 9.97 Å². The Bertz CT molecular complexity index is 1180. The van der Waals surface area contributed by atoms with Crippen LogP contribution in [0.5, 0.6) is 5.75 Å². The molecule has 7 nitrogen and oxygen atoms in total. The first-order valence-corrected chi connectivity index (χ1v) is 11.9. The van der Waals surface area contributed by atoms with Gasteiger partial charge in [0.2, 0.25) is 0 Å². The number of anilines is 2. The highest BCUT2D eigenvalue weighted by Gasteiger charge is 2.22. The molecule has 0 saturated heterocycles. The second kappa shape index (κ2) is 10.9. The van der Waals surface area contributed by atoms with Crippen molar-refractivity contribution in [2.24, 2.45) is 5.73 Å². The van der Waals surface area contributed by atoms with Gasteiger partial charge in [-0.05, 0) is 74.6 Å². The fraction of sp³-hybridized carbons (Fsp3) is 0.280. The van der Waals surface area contributed by atoms with Crippen molar-refractivity contribution in [1.82, 2.24) is 9.97 Å². The van der Waals surface area contributed by atoms with Gasteiger partial charge in [-0.3, -0.25) is 4.79 Å². The van der Waals surface area contributed by atoms with Crippen molar-refractivity contribution in [3.05, 3.63) is 76.7 Å².